The van der Waals surface area contributed by atoms with E-state index in [2.05, 4.69) is 0 Å². The summed E-state index contributed by atoms with van der Waals surface area (Å²) >= 11 is 0. The molecule has 0 aromatic heterocycles. The smallest absolute Gasteiger partial charge is 0.218 e. The molecule has 3 nitrogen and oxygen atoms in total. The van der Waals surface area contributed by atoms with Crippen LogP contribution < -0.4 is 5.30 Å². The molecule has 1 aromatic carbocycles. The molecule has 0 saturated carbocycles. The normalized spacial score (nSPS) is 12.9. The van der Waals surface area contributed by atoms with Gasteiger partial charge in [-0.3, -0.25) is 4.57 Å². The van der Waals surface area contributed by atoms with Crippen LogP contribution in [0.15, 0.2) is 24.3 Å². The van der Waals surface area contributed by atoms with Crippen molar-refractivity contribution in [1.29, 1.82) is 0 Å². The van der Waals surface area contributed by atoms with Crippen molar-refractivity contribution in [3.8, 4) is 0 Å². The summed E-state index contributed by atoms with van der Waals surface area (Å²) in [5, 5.41) is 9.06. The van der Waals surface area contributed by atoms with Gasteiger partial charge < -0.3 is 10.00 Å². The lowest BCUT2D eigenvalue weighted by Gasteiger charge is -1.96. The Morgan fingerprint density at radius 1 is 1.27 bits per heavy atom. The first kappa shape index (κ1) is 8.47. The number of hydrogen-bond acceptors (Lipinski definition) is 2. The van der Waals surface area contributed by atoms with Crippen LogP contribution in [0.1, 0.15) is 5.56 Å². The Kier molecular flexibility index (Phi) is 2.83. The Balaban J connectivity index is 2.91. The standard InChI is InChI=1S/C7H9O3P/c8-5-6-1-3-7(4-2-6)11(9)10/h1-4,8,11H,5H2,(H,9,10). The van der Waals surface area contributed by atoms with E-state index in [1.54, 1.807) is 24.3 Å². The maximum Gasteiger partial charge on any atom is 0.218 e. The van der Waals surface area contributed by atoms with Crippen molar-refractivity contribution in [3.05, 3.63) is 29.8 Å². The molecule has 0 radical (unpaired) electrons. The lowest BCUT2D eigenvalue weighted by atomic mass is 10.2. The van der Waals surface area contributed by atoms with Gasteiger partial charge in [-0.2, -0.15) is 0 Å². The fraction of sp³-hybridized carbons (Fsp3) is 0.143. The molecule has 2 N–H and O–H groups in total. The lowest BCUT2D eigenvalue weighted by Crippen LogP contribution is -1.95. The van der Waals surface area contributed by atoms with Crippen LogP contribution in [0.5, 0.6) is 0 Å². The molecule has 0 aliphatic carbocycles. The number of benzene rings is 1. The maximum atomic E-state index is 10.5. The summed E-state index contributed by atoms with van der Waals surface area (Å²) in [6, 6.07) is 6.36. The van der Waals surface area contributed by atoms with Gasteiger partial charge >= 0.3 is 0 Å². The minimum Gasteiger partial charge on any atom is -0.392 e. The SMILES string of the molecule is O=[PH](O)c1ccc(CO)cc1. The summed E-state index contributed by atoms with van der Waals surface area (Å²) in [6.07, 6.45) is 0. The van der Waals surface area contributed by atoms with Gasteiger partial charge in [0.25, 0.3) is 0 Å². The molecule has 1 aromatic rings. The number of hydrogen-bond donors (Lipinski definition) is 2. The van der Waals surface area contributed by atoms with Crippen LogP contribution in [0.25, 0.3) is 0 Å². The van der Waals surface area contributed by atoms with Gasteiger partial charge in [0.05, 0.1) is 6.61 Å². The molecule has 1 atom stereocenters. The van der Waals surface area contributed by atoms with Crippen LogP contribution in [0.2, 0.25) is 0 Å². The molecule has 0 bridgehead atoms. The summed E-state index contributed by atoms with van der Waals surface area (Å²) in [6.45, 7) is -0.0351. The van der Waals surface area contributed by atoms with Crippen molar-refractivity contribution < 1.29 is 14.6 Å². The predicted octanol–water partition coefficient (Wildman–Crippen LogP) is 0.271. The second kappa shape index (κ2) is 3.67. The van der Waals surface area contributed by atoms with Crippen molar-refractivity contribution >= 4 is 13.3 Å². The lowest BCUT2D eigenvalue weighted by molar-refractivity contribution is 0.282. The highest BCUT2D eigenvalue weighted by Crippen LogP contribution is 2.12. The Bertz CT molecular complexity index is 255. The average molecular weight is 172 g/mol. The zero-order valence-corrected chi connectivity index (χ0v) is 6.82. The predicted molar refractivity (Wildman–Crippen MR) is 43.2 cm³/mol. The number of aliphatic hydroxyl groups excluding tert-OH is 1. The molecule has 0 fully saturated rings. The molecule has 1 rings (SSSR count). The van der Waals surface area contributed by atoms with Gasteiger partial charge in [0.1, 0.15) is 0 Å². The molecule has 1 unspecified atom stereocenters. The highest BCUT2D eigenvalue weighted by molar-refractivity contribution is 7.47. The van der Waals surface area contributed by atoms with Gasteiger partial charge in [0.15, 0.2) is 0 Å². The van der Waals surface area contributed by atoms with E-state index in [0.717, 1.165) is 5.56 Å². The zero-order chi connectivity index (χ0) is 8.27. The van der Waals surface area contributed by atoms with Crippen molar-refractivity contribution in [2.24, 2.45) is 0 Å². The average Bonchev–Trinajstić information content (AvgIpc) is 2.05. The van der Waals surface area contributed by atoms with E-state index in [4.69, 9.17) is 10.00 Å². The van der Waals surface area contributed by atoms with Crippen LogP contribution >= 0.6 is 8.03 Å². The Morgan fingerprint density at radius 3 is 2.18 bits per heavy atom. The third kappa shape index (κ3) is 2.15. The highest BCUT2D eigenvalue weighted by Gasteiger charge is 1.96. The number of aliphatic hydroxyl groups is 1. The Labute approximate surface area is 65.2 Å². The second-order valence-electron chi connectivity index (χ2n) is 2.16. The molecule has 0 amide bonds. The van der Waals surface area contributed by atoms with Gasteiger partial charge in [0, 0.05) is 5.30 Å². The summed E-state index contributed by atoms with van der Waals surface area (Å²) in [7, 11) is -2.57. The molecule has 4 heteroatoms. The summed E-state index contributed by atoms with van der Waals surface area (Å²) in [5.41, 5.74) is 0.747. The van der Waals surface area contributed by atoms with Crippen LogP contribution in [-0.4, -0.2) is 10.00 Å². The Hall–Kier alpha value is -0.630. The highest BCUT2D eigenvalue weighted by atomic mass is 31.1. The first-order valence-corrected chi connectivity index (χ1v) is 4.52. The van der Waals surface area contributed by atoms with Crippen LogP contribution in [0.4, 0.5) is 0 Å². The van der Waals surface area contributed by atoms with E-state index >= 15 is 0 Å². The van der Waals surface area contributed by atoms with E-state index < -0.39 is 8.03 Å². The Morgan fingerprint density at radius 2 is 1.82 bits per heavy atom. The van der Waals surface area contributed by atoms with Gasteiger partial charge in [0.2, 0.25) is 8.03 Å². The van der Waals surface area contributed by atoms with Gasteiger partial charge in [-0.1, -0.05) is 12.1 Å². The van der Waals surface area contributed by atoms with E-state index in [1.165, 1.54) is 0 Å². The quantitative estimate of drug-likeness (QED) is 0.629. The molecular formula is C7H9O3P. The molecule has 11 heavy (non-hydrogen) atoms. The van der Waals surface area contributed by atoms with Crippen LogP contribution in [0, 0.1) is 0 Å². The summed E-state index contributed by atoms with van der Waals surface area (Å²) in [5.74, 6) is 0. The minimum atomic E-state index is -2.57. The van der Waals surface area contributed by atoms with Crippen molar-refractivity contribution in [3.63, 3.8) is 0 Å². The van der Waals surface area contributed by atoms with Crippen molar-refractivity contribution in [2.75, 3.05) is 0 Å². The molecular weight excluding hydrogens is 163 g/mol. The van der Waals surface area contributed by atoms with E-state index in [0.29, 0.717) is 5.30 Å². The molecule has 0 aliphatic heterocycles. The minimum absolute atomic E-state index is 0.0351. The fourth-order valence-corrected chi connectivity index (χ4v) is 1.20. The first-order chi connectivity index (χ1) is 5.24. The van der Waals surface area contributed by atoms with Gasteiger partial charge in [-0.15, -0.1) is 0 Å². The van der Waals surface area contributed by atoms with Gasteiger partial charge in [-0.25, -0.2) is 0 Å². The second-order valence-corrected chi connectivity index (χ2v) is 3.35. The molecule has 0 aliphatic rings. The molecule has 60 valence electrons. The molecule has 0 heterocycles. The van der Waals surface area contributed by atoms with Crippen molar-refractivity contribution in [2.45, 2.75) is 6.61 Å². The van der Waals surface area contributed by atoms with E-state index in [1.807, 2.05) is 0 Å². The summed E-state index contributed by atoms with van der Waals surface area (Å²) in [4.78, 5) is 8.67. The first-order valence-electron chi connectivity index (χ1n) is 3.17. The third-order valence-corrected chi connectivity index (χ3v) is 2.21. The molecule has 0 saturated heterocycles. The maximum absolute atomic E-state index is 10.5. The van der Waals surface area contributed by atoms with E-state index in [9.17, 15) is 4.57 Å². The summed E-state index contributed by atoms with van der Waals surface area (Å²) < 4.78 is 10.5. The van der Waals surface area contributed by atoms with Gasteiger partial charge in [-0.05, 0) is 17.7 Å². The number of rotatable bonds is 2. The third-order valence-electron chi connectivity index (χ3n) is 1.38. The monoisotopic (exact) mass is 172 g/mol. The molecule has 0 spiro atoms. The topological polar surface area (TPSA) is 57.5 Å². The van der Waals surface area contributed by atoms with E-state index in [-0.39, 0.29) is 6.61 Å². The van der Waals surface area contributed by atoms with Crippen molar-refractivity contribution in [1.82, 2.24) is 0 Å². The van der Waals surface area contributed by atoms with Crippen LogP contribution in [0.3, 0.4) is 0 Å². The van der Waals surface area contributed by atoms with Crippen LogP contribution in [-0.2, 0) is 11.2 Å². The fourth-order valence-electron chi connectivity index (χ4n) is 0.753. The zero-order valence-electron chi connectivity index (χ0n) is 5.82. The largest absolute Gasteiger partial charge is 0.392 e.